The average Bonchev–Trinajstić information content (AvgIpc) is 3.30. The van der Waals surface area contributed by atoms with Crippen LogP contribution in [0.3, 0.4) is 0 Å². The van der Waals surface area contributed by atoms with Crippen LogP contribution in [0.5, 0.6) is 11.5 Å². The SMILES string of the molecule is CCCCCCCCCCCCCCCC(=O)N(C)[C@H](CO)C(=O)N[C@H](N)C(=O)NCC(=O)N(C)[C@@H]1C(=O)N[C@@H](C)C(=O)N[C@H](C(=O)NCCOC)Cc2ccc(O)c(c2)-c2cc1ccc2O. The van der Waals surface area contributed by atoms with Crippen molar-refractivity contribution in [3.05, 3.63) is 47.5 Å². The van der Waals surface area contributed by atoms with Gasteiger partial charge in [-0.3, -0.25) is 33.6 Å². The van der Waals surface area contributed by atoms with E-state index >= 15 is 0 Å². The lowest BCUT2D eigenvalue weighted by Crippen LogP contribution is -2.59. The molecule has 0 fully saturated rings. The number of benzene rings is 2. The predicted octanol–water partition coefficient (Wildman–Crippen LogP) is 2.39. The standard InChI is InChI=1S/C48H74N8O11/c1-6-7-8-9-10-11-12-13-14-15-16-17-18-19-40(60)55(3)37(30-57)46(64)54-43(49)48(66)51-29-41(61)56(4)42-33-21-23-39(59)35(28-33)34-26-32(20-22-38(34)58)27-36(45(63)50-24-25-67-5)53-44(62)31(2)52-47(42)65/h20-23,26,28,31,36-37,42-43,57-59H,6-19,24-25,27,29-30,49H2,1-5H3,(H,50,63)(H,51,66)(H,52,65)(H,53,62)(H,54,64)/t31-,36-,37+,42-,43-/m0/s1. The van der Waals surface area contributed by atoms with Gasteiger partial charge in [-0.15, -0.1) is 0 Å². The maximum absolute atomic E-state index is 14.0. The summed E-state index contributed by atoms with van der Waals surface area (Å²) in [5.74, 6) is -5.65. The van der Waals surface area contributed by atoms with E-state index in [0.717, 1.165) is 35.5 Å². The molecule has 0 aromatic heterocycles. The fourth-order valence-electron chi connectivity index (χ4n) is 7.80. The number of nitrogens with one attached hydrogen (secondary N) is 5. The minimum absolute atomic E-state index is 0.0177. The summed E-state index contributed by atoms with van der Waals surface area (Å²) in [5.41, 5.74) is 6.87. The summed E-state index contributed by atoms with van der Waals surface area (Å²) in [6.07, 6.45) is 13.5. The number of ether oxygens (including phenoxy) is 1. The fraction of sp³-hybridized carbons (Fsp3) is 0.604. The van der Waals surface area contributed by atoms with Gasteiger partial charge in [0, 0.05) is 51.7 Å². The number of hydrogen-bond acceptors (Lipinski definition) is 12. The Bertz CT molecular complexity index is 1970. The maximum Gasteiger partial charge on any atom is 0.257 e. The number of phenolic OH excluding ortho intramolecular Hbond substituents is 2. The number of amides is 7. The molecule has 67 heavy (non-hydrogen) atoms. The molecule has 0 radical (unpaired) electrons. The Morgan fingerprint density at radius 2 is 1.37 bits per heavy atom. The number of nitrogens with two attached hydrogens (primary N) is 1. The van der Waals surface area contributed by atoms with Crippen molar-refractivity contribution >= 4 is 41.4 Å². The van der Waals surface area contributed by atoms with E-state index in [2.05, 4.69) is 33.5 Å². The van der Waals surface area contributed by atoms with Crippen LogP contribution in [-0.4, -0.2) is 138 Å². The lowest BCUT2D eigenvalue weighted by Gasteiger charge is -2.30. The molecule has 5 atom stereocenters. The molecule has 0 spiro atoms. The first-order valence-electron chi connectivity index (χ1n) is 23.5. The van der Waals surface area contributed by atoms with Crippen LogP contribution in [0, 0.1) is 0 Å². The molecular weight excluding hydrogens is 865 g/mol. The molecule has 1 aliphatic heterocycles. The van der Waals surface area contributed by atoms with Gasteiger partial charge < -0.3 is 62.2 Å². The summed E-state index contributed by atoms with van der Waals surface area (Å²) in [6, 6.07) is 3.36. The number of likely N-dealkylation sites (N-methyl/N-ethyl adjacent to an activating group) is 2. The number of nitrogens with zero attached hydrogens (tertiary/aromatic N) is 2. The first kappa shape index (κ1) is 55.5. The third kappa shape index (κ3) is 17.7. The minimum atomic E-state index is -1.70. The van der Waals surface area contributed by atoms with E-state index in [0.29, 0.717) is 12.0 Å². The van der Waals surface area contributed by atoms with E-state index in [9.17, 15) is 48.9 Å². The molecule has 2 aromatic carbocycles. The molecule has 372 valence electrons. The molecule has 4 bridgehead atoms. The number of methoxy groups -OCH3 is 1. The van der Waals surface area contributed by atoms with Crippen LogP contribution >= 0.6 is 0 Å². The highest BCUT2D eigenvalue weighted by Crippen LogP contribution is 2.38. The molecular formula is C48H74N8O11. The van der Waals surface area contributed by atoms with Gasteiger partial charge in [-0.25, -0.2) is 0 Å². The zero-order valence-electron chi connectivity index (χ0n) is 39.9. The molecule has 0 saturated heterocycles. The monoisotopic (exact) mass is 939 g/mol. The van der Waals surface area contributed by atoms with Crippen molar-refractivity contribution in [3.8, 4) is 22.6 Å². The lowest BCUT2D eigenvalue weighted by molar-refractivity contribution is -0.142. The van der Waals surface area contributed by atoms with Crippen molar-refractivity contribution in [1.29, 1.82) is 0 Å². The number of fused-ring (bicyclic) bond motifs is 5. The lowest BCUT2D eigenvalue weighted by atomic mass is 9.93. The number of aliphatic hydroxyl groups excluding tert-OH is 1. The Balaban J connectivity index is 1.63. The number of unbranched alkanes of at least 4 members (excludes halogenated alkanes) is 12. The van der Waals surface area contributed by atoms with Crippen LogP contribution in [0.25, 0.3) is 11.1 Å². The average molecular weight is 939 g/mol. The van der Waals surface area contributed by atoms with Crippen LogP contribution < -0.4 is 32.3 Å². The van der Waals surface area contributed by atoms with Crippen molar-refractivity contribution < 1.29 is 53.6 Å². The molecule has 19 heteroatoms. The highest BCUT2D eigenvalue weighted by atomic mass is 16.5. The molecule has 19 nitrogen and oxygen atoms in total. The highest BCUT2D eigenvalue weighted by Gasteiger charge is 2.34. The van der Waals surface area contributed by atoms with Crippen LogP contribution in [-0.2, 0) is 44.7 Å². The Kier molecular flexibility index (Phi) is 24.1. The van der Waals surface area contributed by atoms with Crippen molar-refractivity contribution in [2.75, 3.05) is 47.5 Å². The normalized spacial score (nSPS) is 16.9. The van der Waals surface area contributed by atoms with E-state index < -0.39 is 78.9 Å². The van der Waals surface area contributed by atoms with Gasteiger partial charge in [0.05, 0.1) is 19.8 Å². The summed E-state index contributed by atoms with van der Waals surface area (Å²) >= 11 is 0. The van der Waals surface area contributed by atoms with Crippen molar-refractivity contribution in [2.24, 2.45) is 5.73 Å². The molecule has 10 N–H and O–H groups in total. The van der Waals surface area contributed by atoms with Crippen molar-refractivity contribution in [3.63, 3.8) is 0 Å². The van der Waals surface area contributed by atoms with Gasteiger partial charge in [0.25, 0.3) is 5.91 Å². The second kappa shape index (κ2) is 29.1. The van der Waals surface area contributed by atoms with E-state index in [1.54, 1.807) is 6.07 Å². The van der Waals surface area contributed by atoms with Gasteiger partial charge in [-0.2, -0.15) is 0 Å². The molecule has 3 rings (SSSR count). The summed E-state index contributed by atoms with van der Waals surface area (Å²) < 4.78 is 5.01. The summed E-state index contributed by atoms with van der Waals surface area (Å²) in [6.45, 7) is 2.53. The van der Waals surface area contributed by atoms with E-state index in [4.69, 9.17) is 10.5 Å². The molecule has 0 aliphatic carbocycles. The maximum atomic E-state index is 14.0. The number of carbonyl (C=O) groups is 7. The van der Waals surface area contributed by atoms with Crippen LogP contribution in [0.15, 0.2) is 36.4 Å². The van der Waals surface area contributed by atoms with Gasteiger partial charge in [0.15, 0.2) is 6.17 Å². The number of hydrogen-bond donors (Lipinski definition) is 9. The number of aliphatic hydroxyl groups is 1. The minimum Gasteiger partial charge on any atom is -0.507 e. The Morgan fingerprint density at radius 1 is 0.791 bits per heavy atom. The van der Waals surface area contributed by atoms with Gasteiger partial charge in [-0.1, -0.05) is 96.1 Å². The molecule has 7 amide bonds. The number of aromatic hydroxyl groups is 2. The molecule has 1 aliphatic rings. The summed E-state index contributed by atoms with van der Waals surface area (Å²) in [4.78, 5) is 95.7. The molecule has 2 aromatic rings. The fourth-order valence-corrected chi connectivity index (χ4v) is 7.80. The van der Waals surface area contributed by atoms with Crippen LogP contribution in [0.2, 0.25) is 0 Å². The van der Waals surface area contributed by atoms with Crippen LogP contribution in [0.4, 0.5) is 0 Å². The van der Waals surface area contributed by atoms with Gasteiger partial charge in [0.2, 0.25) is 35.4 Å². The summed E-state index contributed by atoms with van der Waals surface area (Å²) in [5, 5.41) is 44.5. The smallest absolute Gasteiger partial charge is 0.257 e. The van der Waals surface area contributed by atoms with Crippen LogP contribution in [0.1, 0.15) is 121 Å². The van der Waals surface area contributed by atoms with E-state index in [1.165, 1.54) is 110 Å². The van der Waals surface area contributed by atoms with Crippen molar-refractivity contribution in [2.45, 2.75) is 140 Å². The van der Waals surface area contributed by atoms with E-state index in [-0.39, 0.29) is 60.1 Å². The van der Waals surface area contributed by atoms with Gasteiger partial charge >= 0.3 is 0 Å². The molecule has 0 saturated carbocycles. The quantitative estimate of drug-likeness (QED) is 0.0486. The largest absolute Gasteiger partial charge is 0.507 e. The molecule has 0 unspecified atom stereocenters. The Morgan fingerprint density at radius 3 is 1.97 bits per heavy atom. The third-order valence-electron chi connectivity index (χ3n) is 12.0. The third-order valence-corrected chi connectivity index (χ3v) is 12.0. The first-order chi connectivity index (χ1) is 32.0. The number of rotatable bonds is 26. The zero-order chi connectivity index (χ0) is 49.5. The summed E-state index contributed by atoms with van der Waals surface area (Å²) in [7, 11) is 4.13. The highest BCUT2D eigenvalue weighted by molar-refractivity contribution is 5.96. The predicted molar refractivity (Wildman–Crippen MR) is 252 cm³/mol. The van der Waals surface area contributed by atoms with E-state index in [1.807, 2.05) is 0 Å². The zero-order valence-corrected chi connectivity index (χ0v) is 39.9. The number of phenols is 2. The Hall–Kier alpha value is -5.79. The molecule has 1 heterocycles. The topological polar surface area (TPSA) is 282 Å². The number of carbonyl (C=O) groups excluding carboxylic acids is 7. The second-order valence-corrected chi connectivity index (χ2v) is 17.2. The van der Waals surface area contributed by atoms with Gasteiger partial charge in [0.1, 0.15) is 35.7 Å². The van der Waals surface area contributed by atoms with Crippen molar-refractivity contribution in [1.82, 2.24) is 36.4 Å². The second-order valence-electron chi connectivity index (χ2n) is 17.2. The Labute approximate surface area is 394 Å². The van der Waals surface area contributed by atoms with Gasteiger partial charge in [-0.05, 0) is 48.7 Å². The first-order valence-corrected chi connectivity index (χ1v) is 23.5.